The molecule has 0 radical (unpaired) electrons. The third-order valence-electron chi connectivity index (χ3n) is 3.33. The van der Waals surface area contributed by atoms with Crippen molar-refractivity contribution in [2.24, 2.45) is 4.40 Å². The van der Waals surface area contributed by atoms with Crippen LogP contribution in [0.5, 0.6) is 0 Å². The SMILES string of the molecule is CC(C)(C)[S@@](=O)N=CCCCc1c(Br)cnn1-c1ccc(F)cc1. The maximum Gasteiger partial charge on any atom is 0.144 e. The molecule has 24 heavy (non-hydrogen) atoms. The van der Waals surface area contributed by atoms with Crippen LogP contribution in [0.1, 0.15) is 39.3 Å². The van der Waals surface area contributed by atoms with E-state index in [0.717, 1.165) is 35.1 Å². The Labute approximate surface area is 152 Å². The fourth-order valence-electron chi connectivity index (χ4n) is 2.02. The van der Waals surface area contributed by atoms with Crippen LogP contribution in [-0.2, 0) is 17.4 Å². The Morgan fingerprint density at radius 1 is 1.33 bits per heavy atom. The molecule has 1 aromatic heterocycles. The number of rotatable bonds is 6. The van der Waals surface area contributed by atoms with E-state index >= 15 is 0 Å². The van der Waals surface area contributed by atoms with E-state index in [4.69, 9.17) is 0 Å². The van der Waals surface area contributed by atoms with E-state index < -0.39 is 11.0 Å². The molecular weight excluding hydrogens is 393 g/mol. The molecule has 0 N–H and O–H groups in total. The second-order valence-corrected chi connectivity index (χ2v) is 9.16. The lowest BCUT2D eigenvalue weighted by molar-refractivity contribution is 0.626. The van der Waals surface area contributed by atoms with Crippen LogP contribution in [0, 0.1) is 5.82 Å². The number of hydrogen-bond donors (Lipinski definition) is 0. The van der Waals surface area contributed by atoms with E-state index in [1.807, 2.05) is 20.8 Å². The van der Waals surface area contributed by atoms with Gasteiger partial charge in [0, 0.05) is 6.21 Å². The lowest BCUT2D eigenvalue weighted by Gasteiger charge is -2.12. The van der Waals surface area contributed by atoms with E-state index in [2.05, 4.69) is 25.4 Å². The minimum atomic E-state index is -1.21. The number of halogens is 2. The maximum absolute atomic E-state index is 13.1. The monoisotopic (exact) mass is 413 g/mol. The first-order chi connectivity index (χ1) is 11.3. The molecule has 0 bridgehead atoms. The van der Waals surface area contributed by atoms with Gasteiger partial charge in [0.2, 0.25) is 0 Å². The zero-order chi connectivity index (χ0) is 17.7. The van der Waals surface area contributed by atoms with Gasteiger partial charge in [0.25, 0.3) is 0 Å². The quantitative estimate of drug-likeness (QED) is 0.511. The Kier molecular flexibility index (Phi) is 6.46. The van der Waals surface area contributed by atoms with E-state index in [1.165, 1.54) is 12.1 Å². The summed E-state index contributed by atoms with van der Waals surface area (Å²) in [5.41, 5.74) is 1.84. The zero-order valence-electron chi connectivity index (χ0n) is 14.0. The van der Waals surface area contributed by atoms with Gasteiger partial charge in [0.05, 0.1) is 26.8 Å². The third-order valence-corrected chi connectivity index (χ3v) is 5.38. The van der Waals surface area contributed by atoms with Crippen molar-refractivity contribution in [1.29, 1.82) is 0 Å². The van der Waals surface area contributed by atoms with Gasteiger partial charge in [-0.3, -0.25) is 0 Å². The van der Waals surface area contributed by atoms with Crippen molar-refractivity contribution < 1.29 is 8.60 Å². The van der Waals surface area contributed by atoms with Gasteiger partial charge in [-0.05, 0) is 80.2 Å². The van der Waals surface area contributed by atoms with Crippen LogP contribution in [0.3, 0.4) is 0 Å². The van der Waals surface area contributed by atoms with Crippen molar-refractivity contribution in [2.75, 3.05) is 0 Å². The molecule has 0 fully saturated rings. The van der Waals surface area contributed by atoms with Gasteiger partial charge < -0.3 is 0 Å². The zero-order valence-corrected chi connectivity index (χ0v) is 16.4. The van der Waals surface area contributed by atoms with Crippen molar-refractivity contribution in [3.8, 4) is 5.69 Å². The largest absolute Gasteiger partial charge is 0.237 e. The molecule has 0 unspecified atom stereocenters. The summed E-state index contributed by atoms with van der Waals surface area (Å²) in [6.45, 7) is 5.70. The minimum Gasteiger partial charge on any atom is -0.237 e. The molecule has 7 heteroatoms. The highest BCUT2D eigenvalue weighted by Gasteiger charge is 2.18. The van der Waals surface area contributed by atoms with E-state index in [9.17, 15) is 8.60 Å². The minimum absolute atomic E-state index is 0.269. The van der Waals surface area contributed by atoms with E-state index in [0.29, 0.717) is 0 Å². The predicted octanol–water partition coefficient (Wildman–Crippen LogP) is 4.63. The topological polar surface area (TPSA) is 47.2 Å². The number of hydrogen-bond acceptors (Lipinski definition) is 2. The van der Waals surface area contributed by atoms with Gasteiger partial charge >= 0.3 is 0 Å². The average molecular weight is 414 g/mol. The Balaban J connectivity index is 1.99. The summed E-state index contributed by atoms with van der Waals surface area (Å²) in [4.78, 5) is 0. The normalized spacial score (nSPS) is 13.5. The number of aromatic nitrogens is 2. The molecule has 1 heterocycles. The lowest BCUT2D eigenvalue weighted by Crippen LogP contribution is -2.19. The number of unbranched alkanes of at least 4 members (excludes halogenated alkanes) is 1. The fourth-order valence-corrected chi connectivity index (χ4v) is 3.04. The second-order valence-electron chi connectivity index (χ2n) is 6.37. The van der Waals surface area contributed by atoms with Crippen molar-refractivity contribution in [3.63, 3.8) is 0 Å². The summed E-state index contributed by atoms with van der Waals surface area (Å²) >= 11 is 3.51. The molecule has 0 amide bonds. The van der Waals surface area contributed by atoms with Crippen molar-refractivity contribution in [1.82, 2.24) is 9.78 Å². The molecule has 0 spiro atoms. The van der Waals surface area contributed by atoms with Gasteiger partial charge in [-0.1, -0.05) is 0 Å². The highest BCUT2D eigenvalue weighted by atomic mass is 79.9. The molecule has 1 atom stereocenters. The first-order valence-corrected chi connectivity index (χ1v) is 9.62. The summed E-state index contributed by atoms with van der Waals surface area (Å²) in [5.74, 6) is -0.269. The predicted molar refractivity (Wildman–Crippen MR) is 101 cm³/mol. The van der Waals surface area contributed by atoms with Crippen molar-refractivity contribution >= 4 is 33.1 Å². The molecule has 0 aliphatic carbocycles. The summed E-state index contributed by atoms with van der Waals surface area (Å²) in [5, 5.41) is 4.34. The Hall–Kier alpha value is -1.34. The molecule has 4 nitrogen and oxygen atoms in total. The Bertz CT molecular complexity index is 735. The standard InChI is InChI=1S/C17H21BrFN3OS/c1-17(2,3)24(23)21-11-5-4-6-16-15(18)12-20-22(16)14-9-7-13(19)8-10-14/h7-12H,4-6H2,1-3H3/t24-/m1/s1. The Morgan fingerprint density at radius 2 is 2.00 bits per heavy atom. The maximum atomic E-state index is 13.1. The molecule has 130 valence electrons. The van der Waals surface area contributed by atoms with E-state index in [-0.39, 0.29) is 10.6 Å². The molecule has 1 aromatic carbocycles. The van der Waals surface area contributed by atoms with E-state index in [1.54, 1.807) is 29.2 Å². The van der Waals surface area contributed by atoms with Crippen LogP contribution >= 0.6 is 15.9 Å². The Morgan fingerprint density at radius 3 is 2.62 bits per heavy atom. The molecule has 0 saturated heterocycles. The molecule has 0 aliphatic heterocycles. The van der Waals surface area contributed by atoms with Crippen LogP contribution in [-0.4, -0.2) is 25.0 Å². The fraction of sp³-hybridized carbons (Fsp3) is 0.412. The highest BCUT2D eigenvalue weighted by Crippen LogP contribution is 2.22. The lowest BCUT2D eigenvalue weighted by atomic mass is 10.2. The second kappa shape index (κ2) is 8.16. The third kappa shape index (κ3) is 5.08. The van der Waals surface area contributed by atoms with Gasteiger partial charge in [-0.15, -0.1) is 0 Å². The van der Waals surface area contributed by atoms with Crippen LogP contribution < -0.4 is 0 Å². The first kappa shape index (κ1) is 19.0. The van der Waals surface area contributed by atoms with Gasteiger partial charge in [-0.25, -0.2) is 13.3 Å². The van der Waals surface area contributed by atoms with Crippen LogP contribution in [0.15, 0.2) is 39.3 Å². The average Bonchev–Trinajstić information content (AvgIpc) is 2.88. The molecule has 0 aliphatic rings. The molecular formula is C17H21BrFN3OS. The summed E-state index contributed by atoms with van der Waals surface area (Å²) < 4.78 is 31.4. The van der Waals surface area contributed by atoms with Crippen molar-refractivity contribution in [2.45, 2.75) is 44.8 Å². The molecule has 0 saturated carbocycles. The smallest absolute Gasteiger partial charge is 0.144 e. The summed E-state index contributed by atoms with van der Waals surface area (Å²) in [6.07, 6.45) is 5.85. The summed E-state index contributed by atoms with van der Waals surface area (Å²) in [7, 11) is -1.21. The first-order valence-electron chi connectivity index (χ1n) is 7.72. The van der Waals surface area contributed by atoms with Gasteiger partial charge in [0.1, 0.15) is 16.8 Å². The van der Waals surface area contributed by atoms with Crippen molar-refractivity contribution in [3.05, 3.63) is 46.4 Å². The van der Waals surface area contributed by atoms with Gasteiger partial charge in [0.15, 0.2) is 0 Å². The van der Waals surface area contributed by atoms with Gasteiger partial charge in [-0.2, -0.15) is 9.50 Å². The summed E-state index contributed by atoms with van der Waals surface area (Å²) in [6, 6.07) is 6.24. The molecule has 2 rings (SSSR count). The number of nitrogens with zero attached hydrogens (tertiary/aromatic N) is 3. The van der Waals surface area contributed by atoms with Crippen LogP contribution in [0.25, 0.3) is 5.69 Å². The molecule has 2 aromatic rings. The highest BCUT2D eigenvalue weighted by molar-refractivity contribution is 9.10. The van der Waals surface area contributed by atoms with Crippen LogP contribution in [0.4, 0.5) is 4.39 Å². The van der Waals surface area contributed by atoms with Crippen LogP contribution in [0.2, 0.25) is 0 Å². The number of benzene rings is 1.